The first-order valence-electron chi connectivity index (χ1n) is 4.52. The normalized spacial score (nSPS) is 10.5. The fourth-order valence-corrected chi connectivity index (χ4v) is 1.18. The van der Waals surface area contributed by atoms with Crippen LogP contribution in [0, 0.1) is 0 Å². The molecule has 84 valence electrons. The average molecular weight is 221 g/mol. The lowest BCUT2D eigenvalue weighted by atomic mass is 10.1. The molecule has 0 heterocycles. The van der Waals surface area contributed by atoms with Crippen molar-refractivity contribution in [2.24, 2.45) is 0 Å². The molecule has 0 aliphatic heterocycles. The Kier molecular flexibility index (Phi) is 3.66. The van der Waals surface area contributed by atoms with Gasteiger partial charge in [-0.15, -0.1) is 0 Å². The Bertz CT molecular complexity index is 451. The minimum absolute atomic E-state index is 0.0374. The van der Waals surface area contributed by atoms with E-state index < -0.39 is 11.9 Å². The van der Waals surface area contributed by atoms with Gasteiger partial charge in [-0.3, -0.25) is 4.79 Å². The van der Waals surface area contributed by atoms with Crippen LogP contribution in [-0.4, -0.2) is 22.2 Å². The lowest BCUT2D eigenvalue weighted by molar-refractivity contribution is -0.135. The van der Waals surface area contributed by atoms with Gasteiger partial charge in [-0.05, 0) is 17.7 Å². The summed E-state index contributed by atoms with van der Waals surface area (Å²) in [6.45, 7) is 0. The topological polar surface area (TPSA) is 101 Å². The average Bonchev–Trinajstić information content (AvgIpc) is 2.16. The molecular formula is C11H11NO4. The number of nitrogen functional groups attached to an aromatic ring is 1. The van der Waals surface area contributed by atoms with E-state index in [4.69, 9.17) is 15.9 Å². The van der Waals surface area contributed by atoms with E-state index in [1.165, 1.54) is 18.2 Å². The van der Waals surface area contributed by atoms with Crippen LogP contribution >= 0.6 is 0 Å². The summed E-state index contributed by atoms with van der Waals surface area (Å²) < 4.78 is 0. The Balaban J connectivity index is 2.85. The molecule has 0 aliphatic rings. The molecule has 0 aromatic heterocycles. The fraction of sp³-hybridized carbons (Fsp3) is 0.0909. The molecule has 1 rings (SSSR count). The summed E-state index contributed by atoms with van der Waals surface area (Å²) in [4.78, 5) is 20.9. The molecule has 0 atom stereocenters. The lowest BCUT2D eigenvalue weighted by Crippen LogP contribution is -2.02. The zero-order valence-electron chi connectivity index (χ0n) is 8.38. The monoisotopic (exact) mass is 221 g/mol. The van der Waals surface area contributed by atoms with E-state index in [0.29, 0.717) is 5.56 Å². The Morgan fingerprint density at radius 1 is 1.31 bits per heavy atom. The van der Waals surface area contributed by atoms with Crippen LogP contribution in [0.5, 0.6) is 0 Å². The van der Waals surface area contributed by atoms with Crippen molar-refractivity contribution in [3.8, 4) is 0 Å². The zero-order valence-corrected chi connectivity index (χ0v) is 8.38. The van der Waals surface area contributed by atoms with Crippen molar-refractivity contribution >= 4 is 23.7 Å². The molecule has 0 spiro atoms. The molecule has 0 bridgehead atoms. The van der Waals surface area contributed by atoms with E-state index in [-0.39, 0.29) is 17.7 Å². The first-order chi connectivity index (χ1) is 7.50. The molecule has 0 saturated carbocycles. The standard InChI is InChI=1S/C11H11NO4/c12-9-6-7(2-1-3-10(13)14)4-5-8(9)11(15)16/h1-2,4-6H,3,12H2,(H,13,14)(H,15,16). The number of carbonyl (C=O) groups is 2. The van der Waals surface area contributed by atoms with Crippen LogP contribution in [0.2, 0.25) is 0 Å². The van der Waals surface area contributed by atoms with Crippen molar-refractivity contribution in [2.75, 3.05) is 5.73 Å². The number of aromatic carboxylic acids is 1. The number of hydrogen-bond donors (Lipinski definition) is 3. The first kappa shape index (κ1) is 11.8. The van der Waals surface area contributed by atoms with Crippen LogP contribution in [0.15, 0.2) is 24.3 Å². The van der Waals surface area contributed by atoms with E-state index in [1.54, 1.807) is 12.1 Å². The third-order valence-electron chi connectivity index (χ3n) is 1.91. The largest absolute Gasteiger partial charge is 0.481 e. The van der Waals surface area contributed by atoms with Crippen molar-refractivity contribution in [1.82, 2.24) is 0 Å². The quantitative estimate of drug-likeness (QED) is 0.668. The van der Waals surface area contributed by atoms with Gasteiger partial charge in [0.15, 0.2) is 0 Å². The number of hydrogen-bond acceptors (Lipinski definition) is 3. The summed E-state index contributed by atoms with van der Waals surface area (Å²) in [6.07, 6.45) is 2.97. The van der Waals surface area contributed by atoms with E-state index in [1.807, 2.05) is 0 Å². The second kappa shape index (κ2) is 4.97. The summed E-state index contributed by atoms with van der Waals surface area (Å²) in [6, 6.07) is 4.44. The first-order valence-corrected chi connectivity index (χ1v) is 4.52. The highest BCUT2D eigenvalue weighted by atomic mass is 16.4. The second-order valence-corrected chi connectivity index (χ2v) is 3.15. The van der Waals surface area contributed by atoms with Gasteiger partial charge < -0.3 is 15.9 Å². The number of anilines is 1. The molecule has 1 aromatic carbocycles. The molecule has 0 aliphatic carbocycles. The SMILES string of the molecule is Nc1cc(C=CCC(=O)O)ccc1C(=O)O. The summed E-state index contributed by atoms with van der Waals surface area (Å²) in [5, 5.41) is 17.1. The van der Waals surface area contributed by atoms with Gasteiger partial charge in [-0.25, -0.2) is 4.79 Å². The Hall–Kier alpha value is -2.30. The number of carboxylic acids is 2. The number of carboxylic acid groups (broad SMARTS) is 2. The maximum absolute atomic E-state index is 10.7. The van der Waals surface area contributed by atoms with Crippen molar-refractivity contribution in [3.05, 3.63) is 35.4 Å². The van der Waals surface area contributed by atoms with Crippen molar-refractivity contribution < 1.29 is 19.8 Å². The summed E-state index contributed by atoms with van der Waals surface area (Å²) >= 11 is 0. The molecule has 16 heavy (non-hydrogen) atoms. The Morgan fingerprint density at radius 3 is 2.50 bits per heavy atom. The minimum Gasteiger partial charge on any atom is -0.481 e. The number of rotatable bonds is 4. The smallest absolute Gasteiger partial charge is 0.337 e. The van der Waals surface area contributed by atoms with Crippen LogP contribution in [-0.2, 0) is 4.79 Å². The summed E-state index contributed by atoms with van der Waals surface area (Å²) in [5.41, 5.74) is 6.39. The predicted molar refractivity (Wildman–Crippen MR) is 59.1 cm³/mol. The van der Waals surface area contributed by atoms with Gasteiger partial charge in [0.05, 0.1) is 12.0 Å². The number of benzene rings is 1. The molecule has 0 unspecified atom stereocenters. The van der Waals surface area contributed by atoms with E-state index in [9.17, 15) is 9.59 Å². The zero-order chi connectivity index (χ0) is 12.1. The van der Waals surface area contributed by atoms with Crippen LogP contribution in [0.25, 0.3) is 6.08 Å². The molecular weight excluding hydrogens is 210 g/mol. The van der Waals surface area contributed by atoms with E-state index in [0.717, 1.165) is 0 Å². The number of aliphatic carboxylic acids is 1. The molecule has 0 amide bonds. The van der Waals surface area contributed by atoms with Gasteiger partial charge >= 0.3 is 11.9 Å². The highest BCUT2D eigenvalue weighted by Crippen LogP contribution is 2.15. The molecule has 0 radical (unpaired) electrons. The number of nitrogens with two attached hydrogens (primary N) is 1. The van der Waals surface area contributed by atoms with Crippen molar-refractivity contribution in [1.29, 1.82) is 0 Å². The molecule has 1 aromatic rings. The van der Waals surface area contributed by atoms with Gasteiger partial charge in [0, 0.05) is 5.69 Å². The highest BCUT2D eigenvalue weighted by Gasteiger charge is 2.06. The van der Waals surface area contributed by atoms with Gasteiger partial charge in [-0.1, -0.05) is 18.2 Å². The maximum atomic E-state index is 10.7. The van der Waals surface area contributed by atoms with Gasteiger partial charge in [0.1, 0.15) is 0 Å². The van der Waals surface area contributed by atoms with Gasteiger partial charge in [0.2, 0.25) is 0 Å². The Labute approximate surface area is 91.8 Å². The Morgan fingerprint density at radius 2 is 2.00 bits per heavy atom. The van der Waals surface area contributed by atoms with E-state index in [2.05, 4.69) is 0 Å². The van der Waals surface area contributed by atoms with Crippen LogP contribution in [0.4, 0.5) is 5.69 Å². The minimum atomic E-state index is -1.08. The fourth-order valence-electron chi connectivity index (χ4n) is 1.18. The van der Waals surface area contributed by atoms with Crippen molar-refractivity contribution in [2.45, 2.75) is 6.42 Å². The predicted octanol–water partition coefficient (Wildman–Crippen LogP) is 1.45. The van der Waals surface area contributed by atoms with Crippen LogP contribution < -0.4 is 5.73 Å². The van der Waals surface area contributed by atoms with Gasteiger partial charge in [-0.2, -0.15) is 0 Å². The van der Waals surface area contributed by atoms with Crippen LogP contribution in [0.1, 0.15) is 22.3 Å². The summed E-state index contributed by atoms with van der Waals surface area (Å²) in [7, 11) is 0. The van der Waals surface area contributed by atoms with E-state index >= 15 is 0 Å². The van der Waals surface area contributed by atoms with Crippen LogP contribution in [0.3, 0.4) is 0 Å². The summed E-state index contributed by atoms with van der Waals surface area (Å²) in [5.74, 6) is -2.01. The highest BCUT2D eigenvalue weighted by molar-refractivity contribution is 5.94. The third kappa shape index (κ3) is 3.13. The molecule has 5 heteroatoms. The maximum Gasteiger partial charge on any atom is 0.337 e. The van der Waals surface area contributed by atoms with Gasteiger partial charge in [0.25, 0.3) is 0 Å². The molecule has 4 N–H and O–H groups in total. The third-order valence-corrected chi connectivity index (χ3v) is 1.91. The second-order valence-electron chi connectivity index (χ2n) is 3.15. The lowest BCUT2D eigenvalue weighted by Gasteiger charge is -2.01. The molecule has 0 saturated heterocycles. The van der Waals surface area contributed by atoms with Crippen molar-refractivity contribution in [3.63, 3.8) is 0 Å². The molecule has 0 fully saturated rings. The molecule has 5 nitrogen and oxygen atoms in total.